The fraction of sp³-hybridized carbons (Fsp3) is 0.571. The predicted molar refractivity (Wildman–Crippen MR) is 120 cm³/mol. The second-order valence-corrected chi connectivity index (χ2v) is 9.70. The summed E-state index contributed by atoms with van der Waals surface area (Å²) in [5.41, 5.74) is 3.34. The van der Waals surface area contributed by atoms with Crippen molar-refractivity contribution in [2.24, 2.45) is 7.05 Å². The summed E-state index contributed by atoms with van der Waals surface area (Å²) in [4.78, 5) is 0. The second kappa shape index (κ2) is 8.08. The van der Waals surface area contributed by atoms with Crippen LogP contribution < -0.4 is 5.32 Å². The standard InChI is InChI=1S/C21H25BrFN3OS.ClH/c1-25-18(6-7-24-14-3-2-8-27-11-14)19-16-10-21(16,12-26(19)20(25)28)15-9-13(22)4-5-17(15)23;/h4-5,9,14,16,24H,2-3,6-8,10-12H2,1H3;1H/t14-,16+,21-;/m1./s1. The quantitative estimate of drug-likeness (QED) is 0.605. The van der Waals surface area contributed by atoms with Crippen LogP contribution in [-0.2, 0) is 30.2 Å². The number of aromatic nitrogens is 2. The summed E-state index contributed by atoms with van der Waals surface area (Å²) in [6.45, 7) is 3.39. The summed E-state index contributed by atoms with van der Waals surface area (Å²) in [5, 5.41) is 3.64. The highest BCUT2D eigenvalue weighted by molar-refractivity contribution is 9.10. The first-order valence-electron chi connectivity index (χ1n) is 10.1. The third kappa shape index (κ3) is 3.53. The molecule has 1 aromatic carbocycles. The Bertz CT molecular complexity index is 987. The molecular formula is C21H26BrClFN3OS. The lowest BCUT2D eigenvalue weighted by molar-refractivity contribution is 0.0707. The molecule has 158 valence electrons. The SMILES string of the molecule is Cl.Cn1c(CCN[C@@H]2CCCOC2)c2n(c1=S)C[C@@]1(c3cc(Br)ccc3F)C[C@@H]21. The Labute approximate surface area is 190 Å². The summed E-state index contributed by atoms with van der Waals surface area (Å²) >= 11 is 9.24. The van der Waals surface area contributed by atoms with Gasteiger partial charge in [-0.15, -0.1) is 12.4 Å². The minimum atomic E-state index is -0.121. The summed E-state index contributed by atoms with van der Waals surface area (Å²) in [7, 11) is 2.07. The summed E-state index contributed by atoms with van der Waals surface area (Å²) in [6.07, 6.45) is 4.26. The number of nitrogens with one attached hydrogen (secondary N) is 1. The molecule has 29 heavy (non-hydrogen) atoms. The summed E-state index contributed by atoms with van der Waals surface area (Å²) in [6, 6.07) is 5.75. The number of hydrogen-bond acceptors (Lipinski definition) is 3. The maximum atomic E-state index is 14.6. The van der Waals surface area contributed by atoms with Gasteiger partial charge in [-0.1, -0.05) is 15.9 Å². The van der Waals surface area contributed by atoms with Gasteiger partial charge in [0, 0.05) is 66.4 Å². The number of halogens is 3. The van der Waals surface area contributed by atoms with Gasteiger partial charge >= 0.3 is 0 Å². The van der Waals surface area contributed by atoms with Gasteiger partial charge < -0.3 is 19.2 Å². The number of imidazole rings is 1. The molecule has 0 spiro atoms. The Morgan fingerprint density at radius 2 is 2.24 bits per heavy atom. The lowest BCUT2D eigenvalue weighted by atomic mass is 9.93. The van der Waals surface area contributed by atoms with E-state index in [0.29, 0.717) is 12.0 Å². The van der Waals surface area contributed by atoms with Crippen molar-refractivity contribution in [2.45, 2.75) is 49.6 Å². The van der Waals surface area contributed by atoms with Crippen LogP contribution in [0.3, 0.4) is 0 Å². The Hall–Kier alpha value is -0.730. The molecule has 1 aliphatic carbocycles. The number of rotatable bonds is 5. The van der Waals surface area contributed by atoms with E-state index < -0.39 is 0 Å². The van der Waals surface area contributed by atoms with Crippen molar-refractivity contribution < 1.29 is 9.13 Å². The van der Waals surface area contributed by atoms with Crippen LogP contribution in [0.2, 0.25) is 0 Å². The van der Waals surface area contributed by atoms with Gasteiger partial charge in [-0.3, -0.25) is 0 Å². The molecule has 5 rings (SSSR count). The van der Waals surface area contributed by atoms with E-state index in [-0.39, 0.29) is 23.6 Å². The zero-order chi connectivity index (χ0) is 19.5. The molecule has 1 saturated heterocycles. The first kappa shape index (κ1) is 21.5. The predicted octanol–water partition coefficient (Wildman–Crippen LogP) is 4.63. The van der Waals surface area contributed by atoms with E-state index in [9.17, 15) is 4.39 Å². The van der Waals surface area contributed by atoms with Gasteiger partial charge in [-0.2, -0.15) is 0 Å². The van der Waals surface area contributed by atoms with Gasteiger partial charge in [0.05, 0.1) is 6.61 Å². The van der Waals surface area contributed by atoms with E-state index >= 15 is 0 Å². The van der Waals surface area contributed by atoms with Crippen molar-refractivity contribution in [3.05, 3.63) is 50.2 Å². The maximum Gasteiger partial charge on any atom is 0.180 e. The molecule has 0 unspecified atom stereocenters. The van der Waals surface area contributed by atoms with E-state index in [1.165, 1.54) is 17.8 Å². The average molecular weight is 503 g/mol. The smallest absolute Gasteiger partial charge is 0.180 e. The lowest BCUT2D eigenvalue weighted by Crippen LogP contribution is -2.38. The molecule has 3 atom stereocenters. The Kier molecular flexibility index (Phi) is 5.99. The van der Waals surface area contributed by atoms with Gasteiger partial charge in [-0.25, -0.2) is 4.39 Å². The highest BCUT2D eigenvalue weighted by Crippen LogP contribution is 2.66. The Morgan fingerprint density at radius 1 is 1.41 bits per heavy atom. The molecule has 2 aliphatic heterocycles. The van der Waals surface area contributed by atoms with Gasteiger partial charge in [0.15, 0.2) is 4.77 Å². The normalized spacial score (nSPS) is 27.3. The van der Waals surface area contributed by atoms with E-state index in [0.717, 1.165) is 60.4 Å². The van der Waals surface area contributed by atoms with E-state index in [2.05, 4.69) is 37.4 Å². The van der Waals surface area contributed by atoms with Crippen LogP contribution in [0.15, 0.2) is 22.7 Å². The van der Waals surface area contributed by atoms with Crippen LogP contribution in [0.4, 0.5) is 4.39 Å². The summed E-state index contributed by atoms with van der Waals surface area (Å²) < 4.78 is 26.4. The lowest BCUT2D eigenvalue weighted by Gasteiger charge is -2.23. The van der Waals surface area contributed by atoms with Crippen molar-refractivity contribution in [3.63, 3.8) is 0 Å². The minimum Gasteiger partial charge on any atom is -0.380 e. The maximum absolute atomic E-state index is 14.6. The van der Waals surface area contributed by atoms with E-state index in [1.54, 1.807) is 12.1 Å². The molecule has 0 bridgehead atoms. The topological polar surface area (TPSA) is 31.1 Å². The van der Waals surface area contributed by atoms with Crippen LogP contribution in [0, 0.1) is 10.6 Å². The third-order valence-electron chi connectivity index (χ3n) is 6.77. The number of nitrogens with zero attached hydrogens (tertiary/aromatic N) is 2. The molecule has 3 heterocycles. The molecule has 0 radical (unpaired) electrons. The Balaban J connectivity index is 0.00000205. The molecule has 0 amide bonds. The average Bonchev–Trinajstić information content (AvgIpc) is 3.26. The van der Waals surface area contributed by atoms with Gasteiger partial charge in [0.25, 0.3) is 0 Å². The number of fused-ring (bicyclic) bond motifs is 3. The second-order valence-electron chi connectivity index (χ2n) is 8.41. The monoisotopic (exact) mass is 501 g/mol. The zero-order valence-corrected chi connectivity index (χ0v) is 19.6. The van der Waals surface area contributed by atoms with Gasteiger partial charge in [0.2, 0.25) is 0 Å². The molecule has 4 nitrogen and oxygen atoms in total. The highest BCUT2D eigenvalue weighted by atomic mass is 79.9. The van der Waals surface area contributed by atoms with Crippen LogP contribution in [0.5, 0.6) is 0 Å². The molecule has 1 N–H and O–H groups in total. The van der Waals surface area contributed by atoms with E-state index in [4.69, 9.17) is 17.0 Å². The van der Waals surface area contributed by atoms with Crippen LogP contribution in [-0.4, -0.2) is 34.9 Å². The fourth-order valence-corrected chi connectivity index (χ4v) is 5.88. The number of benzene rings is 1. The molecule has 1 saturated carbocycles. The van der Waals surface area contributed by atoms with Crippen molar-refractivity contribution in [1.82, 2.24) is 14.5 Å². The van der Waals surface area contributed by atoms with Crippen LogP contribution >= 0.6 is 40.6 Å². The van der Waals surface area contributed by atoms with Crippen LogP contribution in [0.25, 0.3) is 0 Å². The third-order valence-corrected chi connectivity index (χ3v) is 7.76. The van der Waals surface area contributed by atoms with Crippen molar-refractivity contribution >= 4 is 40.6 Å². The first-order valence-corrected chi connectivity index (χ1v) is 11.3. The van der Waals surface area contributed by atoms with Crippen molar-refractivity contribution in [3.8, 4) is 0 Å². The van der Waals surface area contributed by atoms with Gasteiger partial charge in [0.1, 0.15) is 5.82 Å². The summed E-state index contributed by atoms with van der Waals surface area (Å²) in [5.74, 6) is 0.263. The largest absolute Gasteiger partial charge is 0.380 e. The van der Waals surface area contributed by atoms with Crippen molar-refractivity contribution in [2.75, 3.05) is 19.8 Å². The van der Waals surface area contributed by atoms with E-state index in [1.807, 2.05) is 6.07 Å². The molecule has 2 fully saturated rings. The highest BCUT2D eigenvalue weighted by Gasteiger charge is 2.63. The van der Waals surface area contributed by atoms with Crippen molar-refractivity contribution in [1.29, 1.82) is 0 Å². The molecule has 2 aromatic rings. The Morgan fingerprint density at radius 3 is 3.00 bits per heavy atom. The number of ether oxygens (including phenoxy) is 1. The molecule has 3 aliphatic rings. The number of hydrogen-bond donors (Lipinski definition) is 1. The molecular weight excluding hydrogens is 477 g/mol. The first-order chi connectivity index (χ1) is 13.5. The van der Waals surface area contributed by atoms with Crippen LogP contribution in [0.1, 0.15) is 42.1 Å². The fourth-order valence-electron chi connectivity index (χ4n) is 5.24. The molecule has 8 heteroatoms. The zero-order valence-electron chi connectivity index (χ0n) is 16.4. The molecule has 1 aromatic heterocycles. The minimum absolute atomic E-state index is 0. The van der Waals surface area contributed by atoms with Gasteiger partial charge in [-0.05, 0) is 55.2 Å².